The zero-order chi connectivity index (χ0) is 31.7. The van der Waals surface area contributed by atoms with E-state index >= 15 is 0 Å². The van der Waals surface area contributed by atoms with E-state index in [-0.39, 0.29) is 52.6 Å². The van der Waals surface area contributed by atoms with Crippen LogP contribution in [0.1, 0.15) is 71.2 Å². The average molecular weight is 639 g/mol. The van der Waals surface area contributed by atoms with Gasteiger partial charge in [0.2, 0.25) is 15.9 Å². The molecule has 0 aliphatic heterocycles. The van der Waals surface area contributed by atoms with E-state index in [2.05, 4.69) is 15.4 Å². The van der Waals surface area contributed by atoms with Crippen molar-refractivity contribution in [3.05, 3.63) is 27.7 Å². The monoisotopic (exact) mass is 637 g/mol. The number of halogens is 2. The molecule has 14 heteroatoms. The maximum absolute atomic E-state index is 13.5. The van der Waals surface area contributed by atoms with Gasteiger partial charge in [-0.25, -0.2) is 18.0 Å². The van der Waals surface area contributed by atoms with Crippen molar-refractivity contribution in [1.29, 1.82) is 0 Å². The lowest BCUT2D eigenvalue weighted by molar-refractivity contribution is -0.145. The molecule has 11 nitrogen and oxygen atoms in total. The fourth-order valence-electron chi connectivity index (χ4n) is 4.00. The number of rotatable bonds is 15. The van der Waals surface area contributed by atoms with Crippen LogP contribution in [-0.2, 0) is 33.9 Å². The summed E-state index contributed by atoms with van der Waals surface area (Å²) in [5.74, 6) is -2.91. The average Bonchev–Trinajstić information content (AvgIpc) is 2.85. The van der Waals surface area contributed by atoms with Crippen LogP contribution in [0.15, 0.2) is 17.0 Å². The molecular weight excluding hydrogens is 597 g/mol. The largest absolute Gasteiger partial charge is 0.467 e. The molecule has 0 spiro atoms. The van der Waals surface area contributed by atoms with Gasteiger partial charge in [-0.05, 0) is 49.1 Å². The normalized spacial score (nSPS) is 14.0. The number of hydrogen-bond acceptors (Lipinski definition) is 8. The molecule has 3 N–H and O–H groups in total. The van der Waals surface area contributed by atoms with Gasteiger partial charge in [0.1, 0.15) is 23.0 Å². The van der Waals surface area contributed by atoms with E-state index in [9.17, 15) is 27.6 Å². The predicted molar refractivity (Wildman–Crippen MR) is 156 cm³/mol. The van der Waals surface area contributed by atoms with Crippen LogP contribution < -0.4 is 15.4 Å². The van der Waals surface area contributed by atoms with Crippen molar-refractivity contribution < 1.29 is 37.1 Å². The van der Waals surface area contributed by atoms with Crippen molar-refractivity contribution >= 4 is 57.0 Å². The molecule has 0 fully saturated rings. The summed E-state index contributed by atoms with van der Waals surface area (Å²) in [6.45, 7) is 11.0. The SMILES string of the molecule is COC(=O)[C@H](CC(C)C)NC(=O)c1cc(S(=O)(=O)N[C@@H](CC(C)C)C(=O)N[C@@H](CC(C)C)C(=O)OC)c(Cl)cc1Cl. The summed E-state index contributed by atoms with van der Waals surface area (Å²) in [6, 6.07) is -1.18. The Labute approximate surface area is 252 Å². The zero-order valence-corrected chi connectivity index (χ0v) is 27.0. The molecule has 0 heterocycles. The Morgan fingerprint density at radius 2 is 1.17 bits per heavy atom. The lowest BCUT2D eigenvalue weighted by atomic mass is 10.0. The summed E-state index contributed by atoms with van der Waals surface area (Å²) in [5, 5.41) is 4.67. The molecule has 0 aliphatic rings. The zero-order valence-electron chi connectivity index (χ0n) is 24.7. The molecule has 2 amide bonds. The number of benzene rings is 1. The van der Waals surface area contributed by atoms with Crippen molar-refractivity contribution in [2.45, 2.75) is 83.8 Å². The quantitative estimate of drug-likeness (QED) is 0.246. The molecule has 41 heavy (non-hydrogen) atoms. The van der Waals surface area contributed by atoms with Gasteiger partial charge in [-0.1, -0.05) is 64.7 Å². The minimum absolute atomic E-state index is 0.0311. The van der Waals surface area contributed by atoms with Crippen LogP contribution in [0.3, 0.4) is 0 Å². The highest BCUT2D eigenvalue weighted by Crippen LogP contribution is 2.29. The van der Waals surface area contributed by atoms with Gasteiger partial charge in [0.05, 0.1) is 29.8 Å². The topological polar surface area (TPSA) is 157 Å². The Morgan fingerprint density at radius 1 is 0.732 bits per heavy atom. The molecule has 0 saturated heterocycles. The Hall–Kier alpha value is -2.41. The van der Waals surface area contributed by atoms with E-state index in [4.69, 9.17) is 32.7 Å². The third-order valence-electron chi connectivity index (χ3n) is 5.88. The molecule has 1 aromatic rings. The first kappa shape index (κ1) is 36.6. The Balaban J connectivity index is 3.40. The molecule has 1 aromatic carbocycles. The number of nitrogens with one attached hydrogen (secondary N) is 3. The molecule has 0 aliphatic carbocycles. The fraction of sp³-hybridized carbons (Fsp3) is 0.630. The second-order valence-corrected chi connectivity index (χ2v) is 13.5. The van der Waals surface area contributed by atoms with Crippen molar-refractivity contribution in [1.82, 2.24) is 15.4 Å². The molecular formula is C27H41Cl2N3O8S. The minimum Gasteiger partial charge on any atom is -0.467 e. The van der Waals surface area contributed by atoms with Crippen molar-refractivity contribution in [3.8, 4) is 0 Å². The second kappa shape index (κ2) is 16.3. The number of carbonyl (C=O) groups excluding carboxylic acids is 4. The van der Waals surface area contributed by atoms with Crippen molar-refractivity contribution in [3.63, 3.8) is 0 Å². The summed E-state index contributed by atoms with van der Waals surface area (Å²) in [5.41, 5.74) is -0.248. The number of carbonyl (C=O) groups is 4. The first-order valence-electron chi connectivity index (χ1n) is 13.2. The van der Waals surface area contributed by atoms with Crippen LogP contribution >= 0.6 is 23.2 Å². The molecule has 0 radical (unpaired) electrons. The molecule has 0 bridgehead atoms. The molecule has 0 saturated carbocycles. The van der Waals surface area contributed by atoms with Gasteiger partial charge in [-0.3, -0.25) is 9.59 Å². The summed E-state index contributed by atoms with van der Waals surface area (Å²) in [7, 11) is -2.11. The number of sulfonamides is 1. The Bertz CT molecular complexity index is 1210. The minimum atomic E-state index is -4.50. The van der Waals surface area contributed by atoms with E-state index in [0.29, 0.717) is 0 Å². The maximum atomic E-state index is 13.5. The number of amides is 2. The lowest BCUT2D eigenvalue weighted by Crippen LogP contribution is -2.52. The number of methoxy groups -OCH3 is 2. The molecule has 0 aromatic heterocycles. The number of esters is 2. The van der Waals surface area contributed by atoms with E-state index in [1.165, 1.54) is 14.2 Å². The third-order valence-corrected chi connectivity index (χ3v) is 8.13. The van der Waals surface area contributed by atoms with Gasteiger partial charge in [0.15, 0.2) is 0 Å². The Kier molecular flexibility index (Phi) is 14.5. The van der Waals surface area contributed by atoms with Gasteiger partial charge >= 0.3 is 11.9 Å². The third kappa shape index (κ3) is 11.4. The first-order valence-corrected chi connectivity index (χ1v) is 15.5. The summed E-state index contributed by atoms with van der Waals surface area (Å²) in [6.07, 6.45) is 0.644. The lowest BCUT2D eigenvalue weighted by Gasteiger charge is -2.24. The summed E-state index contributed by atoms with van der Waals surface area (Å²) >= 11 is 12.5. The highest BCUT2D eigenvalue weighted by atomic mass is 35.5. The first-order chi connectivity index (χ1) is 18.9. The highest BCUT2D eigenvalue weighted by Gasteiger charge is 2.33. The van der Waals surface area contributed by atoms with E-state index in [1.54, 1.807) is 13.8 Å². The van der Waals surface area contributed by atoms with Crippen LogP contribution in [0.4, 0.5) is 0 Å². The number of ether oxygens (including phenoxy) is 2. The summed E-state index contributed by atoms with van der Waals surface area (Å²) < 4.78 is 38.9. The van der Waals surface area contributed by atoms with Crippen LogP contribution in [0.25, 0.3) is 0 Å². The van der Waals surface area contributed by atoms with Gasteiger partial charge in [-0.2, -0.15) is 4.72 Å². The molecule has 0 unspecified atom stereocenters. The highest BCUT2D eigenvalue weighted by molar-refractivity contribution is 7.89. The van der Waals surface area contributed by atoms with Crippen LogP contribution in [0.2, 0.25) is 10.0 Å². The fourth-order valence-corrected chi connectivity index (χ4v) is 6.07. The van der Waals surface area contributed by atoms with Crippen molar-refractivity contribution in [2.75, 3.05) is 14.2 Å². The smallest absolute Gasteiger partial charge is 0.328 e. The van der Waals surface area contributed by atoms with Crippen molar-refractivity contribution in [2.24, 2.45) is 17.8 Å². The van der Waals surface area contributed by atoms with Gasteiger partial charge < -0.3 is 20.1 Å². The van der Waals surface area contributed by atoms with Crippen LogP contribution in [0.5, 0.6) is 0 Å². The van der Waals surface area contributed by atoms with E-state index < -0.39 is 56.8 Å². The van der Waals surface area contributed by atoms with Gasteiger partial charge in [-0.15, -0.1) is 0 Å². The Morgan fingerprint density at radius 3 is 1.61 bits per heavy atom. The molecule has 232 valence electrons. The van der Waals surface area contributed by atoms with Crippen LogP contribution in [-0.4, -0.2) is 64.5 Å². The second-order valence-electron chi connectivity index (χ2n) is 11.0. The molecule has 1 rings (SSSR count). The predicted octanol–water partition coefficient (Wildman–Crippen LogP) is 3.71. The van der Waals surface area contributed by atoms with Gasteiger partial charge in [0.25, 0.3) is 5.91 Å². The standard InChI is InChI=1S/C27H41Cl2N3O8S/c1-14(2)9-20(25(34)31-22(11-16(5)6)27(36)40-8)32-41(37,38)23-12-17(18(28)13-19(23)29)24(33)30-21(10-15(3)4)26(35)39-7/h12-16,20-22,32H,9-11H2,1-8H3,(H,30,33)(H,31,34)/t20-,21-,22-/m0/s1. The summed E-state index contributed by atoms with van der Waals surface area (Å²) in [4.78, 5) is 50.2. The van der Waals surface area contributed by atoms with E-state index in [1.807, 2.05) is 27.7 Å². The molecule has 3 atom stereocenters. The van der Waals surface area contributed by atoms with Gasteiger partial charge in [0, 0.05) is 0 Å². The van der Waals surface area contributed by atoms with E-state index in [0.717, 1.165) is 12.1 Å². The van der Waals surface area contributed by atoms with Crippen LogP contribution in [0, 0.1) is 17.8 Å². The number of hydrogen-bond donors (Lipinski definition) is 3. The maximum Gasteiger partial charge on any atom is 0.328 e.